The van der Waals surface area contributed by atoms with E-state index in [0.29, 0.717) is 5.02 Å². The van der Waals surface area contributed by atoms with Crippen molar-refractivity contribution in [3.63, 3.8) is 0 Å². The van der Waals surface area contributed by atoms with E-state index in [1.165, 1.54) is 12.1 Å². The molecule has 0 unspecified atom stereocenters. The van der Waals surface area contributed by atoms with Gasteiger partial charge in [-0.05, 0) is 60.2 Å². The fraction of sp³-hybridized carbons (Fsp3) is 0.174. The minimum Gasteiger partial charge on any atom is -0.497 e. The van der Waals surface area contributed by atoms with Crippen LogP contribution < -0.4 is 9.47 Å². The van der Waals surface area contributed by atoms with Crippen LogP contribution in [0.25, 0.3) is 0 Å². The molecule has 4 nitrogen and oxygen atoms in total. The van der Waals surface area contributed by atoms with Crippen LogP contribution in [0.2, 0.25) is 5.02 Å². The first-order chi connectivity index (χ1) is 14.1. The Kier molecular flexibility index (Phi) is 4.40. The molecule has 6 heteroatoms. The van der Waals surface area contributed by atoms with Gasteiger partial charge in [-0.2, -0.15) is 5.10 Å². The lowest BCUT2D eigenvalue weighted by molar-refractivity contribution is -0.0190. The molecule has 0 saturated heterocycles. The number of ether oxygens (including phenoxy) is 2. The predicted octanol–water partition coefficient (Wildman–Crippen LogP) is 5.73. The van der Waals surface area contributed by atoms with Crippen LogP contribution in [0.5, 0.6) is 11.5 Å². The van der Waals surface area contributed by atoms with Crippen molar-refractivity contribution < 1.29 is 13.9 Å². The molecule has 2 heterocycles. The van der Waals surface area contributed by atoms with Crippen molar-refractivity contribution in [3.8, 4) is 11.5 Å². The highest BCUT2D eigenvalue weighted by atomic mass is 35.5. The first kappa shape index (κ1) is 18.0. The molecule has 2 atom stereocenters. The Hall–Kier alpha value is -3.05. The monoisotopic (exact) mass is 408 g/mol. The quantitative estimate of drug-likeness (QED) is 0.555. The molecule has 0 bridgehead atoms. The van der Waals surface area contributed by atoms with E-state index in [-0.39, 0.29) is 11.9 Å². The molecule has 29 heavy (non-hydrogen) atoms. The van der Waals surface area contributed by atoms with Crippen molar-refractivity contribution in [2.45, 2.75) is 18.7 Å². The van der Waals surface area contributed by atoms with E-state index in [2.05, 4.69) is 0 Å². The van der Waals surface area contributed by atoms with E-state index in [0.717, 1.165) is 40.3 Å². The van der Waals surface area contributed by atoms with Gasteiger partial charge in [-0.25, -0.2) is 9.40 Å². The zero-order valence-corrected chi connectivity index (χ0v) is 16.4. The van der Waals surface area contributed by atoms with Crippen molar-refractivity contribution in [1.82, 2.24) is 5.01 Å². The van der Waals surface area contributed by atoms with Gasteiger partial charge in [0.15, 0.2) is 0 Å². The molecular formula is C23H18ClFN2O2. The minimum absolute atomic E-state index is 0.00963. The molecule has 0 saturated carbocycles. The summed E-state index contributed by atoms with van der Waals surface area (Å²) in [6.45, 7) is 0. The zero-order chi connectivity index (χ0) is 20.0. The molecule has 2 aliphatic heterocycles. The number of hydrogen-bond donors (Lipinski definition) is 0. The number of halogens is 2. The summed E-state index contributed by atoms with van der Waals surface area (Å²) in [7, 11) is 1.65. The highest BCUT2D eigenvalue weighted by Gasteiger charge is 2.41. The molecular weight excluding hydrogens is 391 g/mol. The van der Waals surface area contributed by atoms with Gasteiger partial charge in [-0.15, -0.1) is 0 Å². The summed E-state index contributed by atoms with van der Waals surface area (Å²) in [6, 6.07) is 19.8. The van der Waals surface area contributed by atoms with Crippen molar-refractivity contribution in [3.05, 3.63) is 94.3 Å². The number of methoxy groups -OCH3 is 1. The Morgan fingerprint density at radius 3 is 2.55 bits per heavy atom. The third-order valence-electron chi connectivity index (χ3n) is 5.33. The highest BCUT2D eigenvalue weighted by Crippen LogP contribution is 2.48. The molecule has 0 spiro atoms. The average molecular weight is 409 g/mol. The molecule has 2 aliphatic rings. The van der Waals surface area contributed by atoms with E-state index in [4.69, 9.17) is 26.2 Å². The van der Waals surface area contributed by atoms with Crippen LogP contribution in [-0.4, -0.2) is 17.8 Å². The fourth-order valence-corrected chi connectivity index (χ4v) is 4.04. The molecule has 0 aliphatic carbocycles. The number of fused-ring (bicyclic) bond motifs is 3. The topological polar surface area (TPSA) is 34.1 Å². The van der Waals surface area contributed by atoms with E-state index in [9.17, 15) is 4.39 Å². The van der Waals surface area contributed by atoms with Gasteiger partial charge in [-0.1, -0.05) is 23.7 Å². The van der Waals surface area contributed by atoms with Gasteiger partial charge in [0.2, 0.25) is 6.23 Å². The first-order valence-corrected chi connectivity index (χ1v) is 9.72. The van der Waals surface area contributed by atoms with Crippen molar-refractivity contribution in [1.29, 1.82) is 0 Å². The largest absolute Gasteiger partial charge is 0.497 e. The van der Waals surface area contributed by atoms with Gasteiger partial charge in [-0.3, -0.25) is 0 Å². The van der Waals surface area contributed by atoms with E-state index in [1.807, 2.05) is 47.5 Å². The van der Waals surface area contributed by atoms with Crippen molar-refractivity contribution in [2.75, 3.05) is 7.11 Å². The maximum absolute atomic E-state index is 13.4. The van der Waals surface area contributed by atoms with E-state index < -0.39 is 6.23 Å². The van der Waals surface area contributed by atoms with Crippen LogP contribution in [0.1, 0.15) is 35.4 Å². The standard InChI is InChI=1S/C23H18ClFN2O2/c1-28-18-9-4-14(5-10-18)20-13-21-19-12-16(24)6-11-22(19)29-23(27(21)26-20)15-2-7-17(25)8-3-15/h2-12,21,23H,13H2,1H3/t21-,23+/m1/s1. The maximum atomic E-state index is 13.4. The predicted molar refractivity (Wildman–Crippen MR) is 110 cm³/mol. The third-order valence-corrected chi connectivity index (χ3v) is 5.57. The Labute approximate surface area is 173 Å². The van der Waals surface area contributed by atoms with E-state index >= 15 is 0 Å². The fourth-order valence-electron chi connectivity index (χ4n) is 3.86. The molecule has 0 radical (unpaired) electrons. The molecule has 5 rings (SSSR count). The molecule has 3 aromatic carbocycles. The Bertz CT molecular complexity index is 1080. The second-order valence-corrected chi connectivity index (χ2v) is 7.52. The second kappa shape index (κ2) is 7.08. The van der Waals surface area contributed by atoms with Gasteiger partial charge in [0.25, 0.3) is 0 Å². The van der Waals surface area contributed by atoms with Gasteiger partial charge in [0, 0.05) is 22.6 Å². The summed E-state index contributed by atoms with van der Waals surface area (Å²) in [5, 5.41) is 7.50. The Balaban J connectivity index is 1.57. The molecule has 0 fully saturated rings. The Morgan fingerprint density at radius 1 is 1.07 bits per heavy atom. The first-order valence-electron chi connectivity index (χ1n) is 9.34. The average Bonchev–Trinajstić information content (AvgIpc) is 3.20. The zero-order valence-electron chi connectivity index (χ0n) is 15.7. The van der Waals surface area contributed by atoms with Crippen LogP contribution >= 0.6 is 11.6 Å². The summed E-state index contributed by atoms with van der Waals surface area (Å²) in [6.07, 6.45) is 0.283. The van der Waals surface area contributed by atoms with Gasteiger partial charge >= 0.3 is 0 Å². The number of hydrogen-bond acceptors (Lipinski definition) is 4. The molecule has 0 N–H and O–H groups in total. The van der Waals surface area contributed by atoms with E-state index in [1.54, 1.807) is 19.2 Å². The normalized spacial score (nSPS) is 19.8. The Morgan fingerprint density at radius 2 is 1.83 bits per heavy atom. The second-order valence-electron chi connectivity index (χ2n) is 7.08. The summed E-state index contributed by atoms with van der Waals surface area (Å²) in [5.74, 6) is 1.29. The van der Waals surface area contributed by atoms with Gasteiger partial charge in [0.05, 0.1) is 18.9 Å². The van der Waals surface area contributed by atoms with Crippen LogP contribution in [0.15, 0.2) is 71.8 Å². The number of hydrazone groups is 1. The number of rotatable bonds is 3. The lowest BCUT2D eigenvalue weighted by Crippen LogP contribution is -2.33. The molecule has 0 aromatic heterocycles. The summed E-state index contributed by atoms with van der Waals surface area (Å²) < 4.78 is 25.0. The van der Waals surface area contributed by atoms with Crippen LogP contribution in [-0.2, 0) is 0 Å². The molecule has 146 valence electrons. The van der Waals surface area contributed by atoms with Crippen molar-refractivity contribution >= 4 is 17.3 Å². The lowest BCUT2D eigenvalue weighted by Gasteiger charge is -2.38. The molecule has 0 amide bonds. The lowest BCUT2D eigenvalue weighted by atomic mass is 9.96. The van der Waals surface area contributed by atoms with Crippen LogP contribution in [0.4, 0.5) is 4.39 Å². The van der Waals surface area contributed by atoms with Gasteiger partial charge < -0.3 is 9.47 Å². The van der Waals surface area contributed by atoms with Crippen LogP contribution in [0.3, 0.4) is 0 Å². The highest BCUT2D eigenvalue weighted by molar-refractivity contribution is 6.30. The smallest absolute Gasteiger partial charge is 0.213 e. The van der Waals surface area contributed by atoms with Gasteiger partial charge in [0.1, 0.15) is 17.3 Å². The number of nitrogens with zero attached hydrogens (tertiary/aromatic N) is 2. The third kappa shape index (κ3) is 3.21. The van der Waals surface area contributed by atoms with Crippen LogP contribution in [0, 0.1) is 5.82 Å². The minimum atomic E-state index is -0.440. The summed E-state index contributed by atoms with van der Waals surface area (Å²) >= 11 is 6.26. The number of benzene rings is 3. The maximum Gasteiger partial charge on any atom is 0.213 e. The summed E-state index contributed by atoms with van der Waals surface area (Å²) in [4.78, 5) is 0. The summed E-state index contributed by atoms with van der Waals surface area (Å²) in [5.41, 5.74) is 3.84. The SMILES string of the molecule is COc1ccc(C2=NN3[C@H](C2)c2cc(Cl)ccc2O[C@H]3c2ccc(F)cc2)cc1. The van der Waals surface area contributed by atoms with Crippen molar-refractivity contribution in [2.24, 2.45) is 5.10 Å². The molecule has 3 aromatic rings.